The lowest BCUT2D eigenvalue weighted by Gasteiger charge is -2.48. The number of piperazine rings is 4. The van der Waals surface area contributed by atoms with Gasteiger partial charge in [-0.25, -0.2) is 24.4 Å². The lowest BCUT2D eigenvalue weighted by atomic mass is 10.0. The molecule has 26 nitrogen and oxygen atoms in total. The standard InChI is InChI=1S/C25H26N4O2S.C19H27N3O3.C14H19N3O.C11H14N2O.C11H9NO2S.C8H13NO3/c1-18-22(32-23(26-18)19-8-4-2-5-9-19)25(31)29-16-21(17-29)27-12-14-28(15-13-27)24(30)20-10-6-3-7-11-20;1-19(2,3)25-18(24)22-13-16(14-22)20-9-11-21(12-10-20)17(23)15-7-5-4-6-8-15;18-14(12-4-2-1-3-5-12)17-8-6-16(7-9-17)13-10-15-11-13;14-11(10-4-2-1-3-5-10)13-8-6-12-7-9-13;1-7-9(11(13)14)15-10(12-7)8-5-3-2-4-6-8;1-8(2,3)12-7(11)9-4-6(10)5-9/h2-11,21H,12-17H2,1H3;4-8,16H,9-14H2,1-3H3;1-5,13,15H,6-11H2;1-5,12H,6-9H2;2-6H,1H3,(H,13,14);4-5H2,1-3H3. The summed E-state index contributed by atoms with van der Waals surface area (Å²) in [7, 11) is 0. The molecule has 0 radical (unpaired) electrons. The number of ketones is 1. The van der Waals surface area contributed by atoms with Crippen LogP contribution in [0.3, 0.4) is 0 Å². The fraction of sp³-hybridized carbons (Fsp3) is 0.420. The zero-order valence-corrected chi connectivity index (χ0v) is 69.3. The molecule has 8 aliphatic heterocycles. The summed E-state index contributed by atoms with van der Waals surface area (Å²) in [4.78, 5) is 137. The second kappa shape index (κ2) is 40.8. The smallest absolute Gasteiger partial charge is 0.411 e. The first-order chi connectivity index (χ1) is 55.7. The van der Waals surface area contributed by atoms with Crippen LogP contribution in [0.4, 0.5) is 9.59 Å². The van der Waals surface area contributed by atoms with E-state index < -0.39 is 23.3 Å². The third-order valence-corrected chi connectivity index (χ3v) is 23.1. The van der Waals surface area contributed by atoms with Crippen molar-refractivity contribution in [1.29, 1.82) is 0 Å². The van der Waals surface area contributed by atoms with E-state index in [0.717, 1.165) is 185 Å². The van der Waals surface area contributed by atoms with Crippen LogP contribution in [0.25, 0.3) is 21.1 Å². The Hall–Kier alpha value is -10.6. The Balaban J connectivity index is 0.000000142. The number of hydrogen-bond acceptors (Lipinski definition) is 20. The number of rotatable bonds is 11. The molecule has 8 fully saturated rings. The van der Waals surface area contributed by atoms with Gasteiger partial charge in [-0.15, -0.1) is 22.7 Å². The highest BCUT2D eigenvalue weighted by Gasteiger charge is 2.41. The Morgan fingerprint density at radius 1 is 0.371 bits per heavy atom. The second-order valence-corrected chi connectivity index (χ2v) is 33.5. The molecule has 0 saturated carbocycles. The maximum atomic E-state index is 13.0. The number of aryl methyl sites for hydroxylation is 2. The number of carbonyl (C=O) groups excluding carboxylic acids is 8. The van der Waals surface area contributed by atoms with Gasteiger partial charge < -0.3 is 54.6 Å². The lowest BCUT2D eigenvalue weighted by Crippen LogP contribution is -2.64. The number of carboxylic acid groups (broad SMARTS) is 1. The Morgan fingerprint density at radius 3 is 0.983 bits per heavy atom. The SMILES string of the molecule is CC(C)(C)OC(=O)N1CC(=O)C1.CC(C)(C)OC(=O)N1CC(N2CCN(C(=O)c3ccccc3)CC2)C1.Cc1nc(-c2ccccc2)sc1C(=O)N1CC(N2CCN(C(=O)c3ccccc3)CC2)C1.Cc1nc(-c2ccccc2)sc1C(=O)O.O=C(c1ccccc1)N1CCN(C2CNC2)CC1.O=C(c1ccccc1)N1CCNCC1. The van der Waals surface area contributed by atoms with E-state index in [9.17, 15) is 43.2 Å². The summed E-state index contributed by atoms with van der Waals surface area (Å²) in [5.74, 6) is -0.228. The molecule has 614 valence electrons. The highest BCUT2D eigenvalue weighted by atomic mass is 32.1. The van der Waals surface area contributed by atoms with Gasteiger partial charge in [0.15, 0.2) is 5.78 Å². The summed E-state index contributed by atoms with van der Waals surface area (Å²) in [6.07, 6.45) is -0.635. The van der Waals surface area contributed by atoms with Crippen LogP contribution in [-0.4, -0.2) is 304 Å². The highest BCUT2D eigenvalue weighted by Crippen LogP contribution is 2.32. The van der Waals surface area contributed by atoms with Crippen molar-refractivity contribution in [2.24, 2.45) is 0 Å². The maximum absolute atomic E-state index is 13.0. The van der Waals surface area contributed by atoms with Crippen LogP contribution in [0.15, 0.2) is 182 Å². The molecule has 8 aliphatic rings. The number of likely N-dealkylation sites (tertiary alicyclic amines) is 3. The van der Waals surface area contributed by atoms with Crippen LogP contribution in [0.2, 0.25) is 0 Å². The first-order valence-electron chi connectivity index (χ1n) is 39.8. The summed E-state index contributed by atoms with van der Waals surface area (Å²) in [5, 5.41) is 17.1. The molecule has 28 heteroatoms. The van der Waals surface area contributed by atoms with Crippen LogP contribution < -0.4 is 10.6 Å². The molecule has 0 aliphatic carbocycles. The maximum Gasteiger partial charge on any atom is 0.411 e. The number of aromatic carboxylic acids is 1. The van der Waals surface area contributed by atoms with Gasteiger partial charge in [0.2, 0.25) is 0 Å². The van der Waals surface area contributed by atoms with E-state index >= 15 is 0 Å². The summed E-state index contributed by atoms with van der Waals surface area (Å²) >= 11 is 2.69. The van der Waals surface area contributed by atoms with Crippen molar-refractivity contribution in [3.05, 3.63) is 225 Å². The first kappa shape index (κ1) is 86.3. The molecule has 0 spiro atoms. The van der Waals surface area contributed by atoms with Crippen LogP contribution in [-0.2, 0) is 14.3 Å². The molecule has 0 unspecified atom stereocenters. The second-order valence-electron chi connectivity index (χ2n) is 31.5. The van der Waals surface area contributed by atoms with Gasteiger partial charge in [0.05, 0.1) is 24.5 Å². The van der Waals surface area contributed by atoms with Crippen molar-refractivity contribution >= 4 is 76.1 Å². The number of benzene rings is 6. The number of aromatic nitrogens is 2. The topological polar surface area (TPSA) is 275 Å². The molecule has 8 aromatic rings. The molecule has 8 saturated heterocycles. The van der Waals surface area contributed by atoms with Crippen molar-refractivity contribution < 1.29 is 57.7 Å². The van der Waals surface area contributed by atoms with Crippen molar-refractivity contribution in [2.45, 2.75) is 84.7 Å². The van der Waals surface area contributed by atoms with E-state index in [1.165, 1.54) is 27.6 Å². The number of nitrogens with zero attached hydrogens (tertiary/aromatic N) is 12. The molecule has 116 heavy (non-hydrogen) atoms. The van der Waals surface area contributed by atoms with Crippen LogP contribution in [0.5, 0.6) is 0 Å². The number of Topliss-reactive ketones (excluding diaryl/α,β-unsaturated/α-hetero) is 1. The highest BCUT2D eigenvalue weighted by molar-refractivity contribution is 7.17. The zero-order chi connectivity index (χ0) is 82.5. The van der Waals surface area contributed by atoms with Crippen molar-refractivity contribution in [1.82, 2.24) is 69.6 Å². The van der Waals surface area contributed by atoms with Gasteiger partial charge in [0, 0.05) is 195 Å². The summed E-state index contributed by atoms with van der Waals surface area (Å²) < 4.78 is 10.4. The number of amides is 7. The molecule has 2 aromatic heterocycles. The molecule has 16 rings (SSSR count). The third kappa shape index (κ3) is 24.3. The minimum atomic E-state index is -0.910. The Bertz CT molecular complexity index is 4560. The van der Waals surface area contributed by atoms with Gasteiger partial charge >= 0.3 is 18.2 Å². The van der Waals surface area contributed by atoms with Gasteiger partial charge in [-0.2, -0.15) is 0 Å². The van der Waals surface area contributed by atoms with Crippen LogP contribution in [0, 0.1) is 13.8 Å². The predicted octanol–water partition coefficient (Wildman–Crippen LogP) is 10.2. The Kier molecular flexibility index (Phi) is 30.4. The predicted molar refractivity (Wildman–Crippen MR) is 449 cm³/mol. The quantitative estimate of drug-likeness (QED) is 0.109. The molecule has 10 heterocycles. The van der Waals surface area contributed by atoms with Gasteiger partial charge in [-0.05, 0) is 104 Å². The van der Waals surface area contributed by atoms with Gasteiger partial charge in [0.25, 0.3) is 29.5 Å². The van der Waals surface area contributed by atoms with Gasteiger partial charge in [-0.1, -0.05) is 133 Å². The van der Waals surface area contributed by atoms with E-state index in [1.54, 1.807) is 32.6 Å². The molecule has 6 aromatic carbocycles. The average Bonchev–Trinajstić information content (AvgIpc) is 1.73. The van der Waals surface area contributed by atoms with Crippen molar-refractivity contribution in [3.8, 4) is 21.1 Å². The van der Waals surface area contributed by atoms with Crippen LogP contribution in [0.1, 0.15) is 114 Å². The normalized spacial score (nSPS) is 17.4. The third-order valence-electron chi connectivity index (χ3n) is 20.7. The molecule has 7 amide bonds. The molecule has 3 N–H and O–H groups in total. The average molecular weight is 1620 g/mol. The number of hydrogen-bond donors (Lipinski definition) is 3. The van der Waals surface area contributed by atoms with Crippen LogP contribution >= 0.6 is 22.7 Å². The van der Waals surface area contributed by atoms with E-state index in [4.69, 9.17) is 14.6 Å². The molecular formula is C88H108N14O12S2. The first-order valence-corrected chi connectivity index (χ1v) is 41.4. The number of thiazole rings is 2. The van der Waals surface area contributed by atoms with E-state index in [1.807, 2.05) is 234 Å². The van der Waals surface area contributed by atoms with E-state index in [0.29, 0.717) is 41.8 Å². The Morgan fingerprint density at radius 2 is 0.672 bits per heavy atom. The molecular weight excluding hydrogens is 1510 g/mol. The minimum absolute atomic E-state index is 0.0799. The summed E-state index contributed by atoms with van der Waals surface area (Å²) in [6, 6.07) is 58.9. The largest absolute Gasteiger partial charge is 0.477 e. The number of ether oxygens (including phenoxy) is 2. The molecule has 0 atom stereocenters. The number of carbonyl (C=O) groups is 9. The minimum Gasteiger partial charge on any atom is -0.477 e. The number of carboxylic acids is 1. The van der Waals surface area contributed by atoms with E-state index in [-0.39, 0.29) is 54.5 Å². The zero-order valence-electron chi connectivity index (χ0n) is 67.6. The fourth-order valence-corrected chi connectivity index (χ4v) is 15.9. The van der Waals surface area contributed by atoms with Gasteiger partial charge in [-0.3, -0.25) is 48.4 Å². The summed E-state index contributed by atoms with van der Waals surface area (Å²) in [5.41, 5.74) is 5.53. The van der Waals surface area contributed by atoms with E-state index in [2.05, 4.69) is 35.3 Å². The summed E-state index contributed by atoms with van der Waals surface area (Å²) in [6.45, 7) is 33.6. The Labute approximate surface area is 687 Å². The monoisotopic (exact) mass is 1620 g/mol. The fourth-order valence-electron chi connectivity index (χ4n) is 13.9. The van der Waals surface area contributed by atoms with Crippen molar-refractivity contribution in [3.63, 3.8) is 0 Å². The molecule has 0 bridgehead atoms. The lowest BCUT2D eigenvalue weighted by molar-refractivity contribution is -0.128. The van der Waals surface area contributed by atoms with Gasteiger partial charge in [0.1, 0.15) is 31.0 Å². The number of nitrogens with one attached hydrogen (secondary N) is 2. The van der Waals surface area contributed by atoms with Crippen molar-refractivity contribution in [2.75, 3.05) is 157 Å².